The molecule has 0 bridgehead atoms. The van der Waals surface area contributed by atoms with Crippen LogP contribution in [-0.4, -0.2) is 23.6 Å². The molecule has 0 aliphatic heterocycles. The van der Waals surface area contributed by atoms with Gasteiger partial charge in [-0.25, -0.2) is 9.97 Å². The maximum absolute atomic E-state index is 4.52. The van der Waals surface area contributed by atoms with E-state index < -0.39 is 0 Å². The van der Waals surface area contributed by atoms with E-state index in [-0.39, 0.29) is 0 Å². The van der Waals surface area contributed by atoms with Crippen LogP contribution in [0.1, 0.15) is 51.3 Å². The van der Waals surface area contributed by atoms with E-state index in [9.17, 15) is 0 Å². The van der Waals surface area contributed by atoms with Crippen molar-refractivity contribution in [2.24, 2.45) is 5.92 Å². The lowest BCUT2D eigenvalue weighted by Crippen LogP contribution is -2.13. The fraction of sp³-hybridized carbons (Fsp3) is 0.733. The van der Waals surface area contributed by atoms with Crippen molar-refractivity contribution in [1.29, 1.82) is 0 Å². The van der Waals surface area contributed by atoms with Gasteiger partial charge in [0.15, 0.2) is 0 Å². The summed E-state index contributed by atoms with van der Waals surface area (Å²) in [5.74, 6) is 3.66. The molecule has 1 aliphatic rings. The Bertz CT molecular complexity index is 363. The Hall–Kier alpha value is -1.32. The number of aryl methyl sites for hydroxylation is 1. The summed E-state index contributed by atoms with van der Waals surface area (Å²) in [5.41, 5.74) is 0. The highest BCUT2D eigenvalue weighted by Crippen LogP contribution is 2.26. The van der Waals surface area contributed by atoms with Crippen LogP contribution in [0.5, 0.6) is 0 Å². The normalized spacial score (nSPS) is 16.3. The maximum atomic E-state index is 4.52. The number of hydrogen-bond acceptors (Lipinski definition) is 4. The van der Waals surface area contributed by atoms with Crippen molar-refractivity contribution in [3.8, 4) is 0 Å². The molecule has 19 heavy (non-hydrogen) atoms. The molecule has 106 valence electrons. The molecule has 0 atom stereocenters. The Balaban J connectivity index is 1.84. The molecule has 1 heterocycles. The first-order chi connectivity index (χ1) is 9.31. The lowest BCUT2D eigenvalue weighted by Gasteiger charge is -2.21. The van der Waals surface area contributed by atoms with Crippen LogP contribution >= 0.6 is 0 Å². The minimum atomic E-state index is 0.868. The largest absolute Gasteiger partial charge is 0.373 e. The highest BCUT2D eigenvalue weighted by Gasteiger charge is 2.12. The van der Waals surface area contributed by atoms with Crippen LogP contribution in [-0.2, 0) is 6.42 Å². The summed E-state index contributed by atoms with van der Waals surface area (Å²) in [5, 5.41) is 6.54. The Kier molecular flexibility index (Phi) is 5.43. The molecule has 0 spiro atoms. The first kappa shape index (κ1) is 14.1. The van der Waals surface area contributed by atoms with E-state index in [2.05, 4.69) is 27.5 Å². The van der Waals surface area contributed by atoms with Crippen molar-refractivity contribution in [3.05, 3.63) is 11.9 Å². The molecule has 0 aromatic carbocycles. The Morgan fingerprint density at radius 1 is 1.16 bits per heavy atom. The highest BCUT2D eigenvalue weighted by atomic mass is 15.1. The molecule has 0 amide bonds. The van der Waals surface area contributed by atoms with E-state index in [4.69, 9.17) is 0 Å². The van der Waals surface area contributed by atoms with Gasteiger partial charge in [-0.15, -0.1) is 0 Å². The monoisotopic (exact) mass is 262 g/mol. The SMILES string of the molecule is CCc1nc(NC)cc(NCCC2CCCCC2)n1. The number of nitrogens with one attached hydrogen (secondary N) is 2. The standard InChI is InChI=1S/C15H26N4/c1-3-13-18-14(16-2)11-15(19-13)17-10-9-12-7-5-4-6-8-12/h11-12H,3-10H2,1-2H3,(H2,16,17,18,19). The zero-order valence-electron chi connectivity index (χ0n) is 12.2. The van der Waals surface area contributed by atoms with Gasteiger partial charge in [-0.05, 0) is 12.3 Å². The van der Waals surface area contributed by atoms with Gasteiger partial charge in [0.25, 0.3) is 0 Å². The molecule has 0 unspecified atom stereocenters. The number of hydrogen-bond donors (Lipinski definition) is 2. The van der Waals surface area contributed by atoms with Gasteiger partial charge in [-0.2, -0.15) is 0 Å². The van der Waals surface area contributed by atoms with Crippen molar-refractivity contribution < 1.29 is 0 Å². The van der Waals surface area contributed by atoms with Gasteiger partial charge >= 0.3 is 0 Å². The van der Waals surface area contributed by atoms with Gasteiger partial charge in [0, 0.05) is 26.1 Å². The molecule has 2 N–H and O–H groups in total. The number of rotatable bonds is 6. The predicted octanol–water partition coefficient (Wildman–Crippen LogP) is 3.46. The lowest BCUT2D eigenvalue weighted by molar-refractivity contribution is 0.345. The van der Waals surface area contributed by atoms with E-state index in [1.165, 1.54) is 38.5 Å². The summed E-state index contributed by atoms with van der Waals surface area (Å²) in [6.45, 7) is 3.11. The summed E-state index contributed by atoms with van der Waals surface area (Å²) < 4.78 is 0. The molecule has 2 rings (SSSR count). The van der Waals surface area contributed by atoms with Crippen molar-refractivity contribution >= 4 is 11.6 Å². The zero-order valence-corrected chi connectivity index (χ0v) is 12.2. The summed E-state index contributed by atoms with van der Waals surface area (Å²) in [6.07, 6.45) is 9.22. The molecule has 1 saturated carbocycles. The summed E-state index contributed by atoms with van der Waals surface area (Å²) >= 11 is 0. The number of aromatic nitrogens is 2. The molecular formula is C15H26N4. The molecule has 1 aromatic heterocycles. The van der Waals surface area contributed by atoms with Gasteiger partial charge in [0.2, 0.25) is 0 Å². The van der Waals surface area contributed by atoms with Crippen molar-refractivity contribution in [1.82, 2.24) is 9.97 Å². The molecule has 1 aromatic rings. The van der Waals surface area contributed by atoms with Crippen LogP contribution in [0.2, 0.25) is 0 Å². The third-order valence-electron chi connectivity index (χ3n) is 3.93. The van der Waals surface area contributed by atoms with Gasteiger partial charge in [-0.1, -0.05) is 39.0 Å². The molecule has 0 saturated heterocycles. The zero-order chi connectivity index (χ0) is 13.5. The van der Waals surface area contributed by atoms with Crippen molar-refractivity contribution in [3.63, 3.8) is 0 Å². The Morgan fingerprint density at radius 3 is 2.58 bits per heavy atom. The molecule has 4 heteroatoms. The molecule has 1 aliphatic carbocycles. The lowest BCUT2D eigenvalue weighted by atomic mass is 9.87. The smallest absolute Gasteiger partial charge is 0.132 e. The topological polar surface area (TPSA) is 49.8 Å². The quantitative estimate of drug-likeness (QED) is 0.824. The van der Waals surface area contributed by atoms with E-state index in [0.717, 1.165) is 36.3 Å². The number of nitrogens with zero attached hydrogens (tertiary/aromatic N) is 2. The Labute approximate surface area is 116 Å². The van der Waals surface area contributed by atoms with Crippen LogP contribution < -0.4 is 10.6 Å². The molecule has 4 nitrogen and oxygen atoms in total. The van der Waals surface area contributed by atoms with Crippen LogP contribution in [0, 0.1) is 5.92 Å². The maximum Gasteiger partial charge on any atom is 0.132 e. The fourth-order valence-corrected chi connectivity index (χ4v) is 2.75. The van der Waals surface area contributed by atoms with Crippen molar-refractivity contribution in [2.45, 2.75) is 51.9 Å². The average Bonchev–Trinajstić information content (AvgIpc) is 2.48. The number of anilines is 2. The predicted molar refractivity (Wildman–Crippen MR) is 80.6 cm³/mol. The van der Waals surface area contributed by atoms with Crippen molar-refractivity contribution in [2.75, 3.05) is 24.2 Å². The van der Waals surface area contributed by atoms with E-state index >= 15 is 0 Å². The highest BCUT2D eigenvalue weighted by molar-refractivity contribution is 5.47. The third kappa shape index (κ3) is 4.37. The van der Waals surface area contributed by atoms with Crippen LogP contribution in [0.25, 0.3) is 0 Å². The second kappa shape index (κ2) is 7.31. The second-order valence-electron chi connectivity index (χ2n) is 5.38. The first-order valence-electron chi connectivity index (χ1n) is 7.61. The molecule has 0 radical (unpaired) electrons. The van der Waals surface area contributed by atoms with Gasteiger partial charge in [0.05, 0.1) is 0 Å². The summed E-state index contributed by atoms with van der Waals surface area (Å²) in [4.78, 5) is 8.93. The van der Waals surface area contributed by atoms with Crippen LogP contribution in [0.3, 0.4) is 0 Å². The minimum Gasteiger partial charge on any atom is -0.373 e. The van der Waals surface area contributed by atoms with E-state index in [1.807, 2.05) is 13.1 Å². The van der Waals surface area contributed by atoms with Gasteiger partial charge in [0.1, 0.15) is 17.5 Å². The van der Waals surface area contributed by atoms with Gasteiger partial charge < -0.3 is 10.6 Å². The van der Waals surface area contributed by atoms with Gasteiger partial charge in [-0.3, -0.25) is 0 Å². The van der Waals surface area contributed by atoms with E-state index in [0.29, 0.717) is 0 Å². The summed E-state index contributed by atoms with van der Waals surface area (Å²) in [6, 6.07) is 1.99. The minimum absolute atomic E-state index is 0.868. The first-order valence-corrected chi connectivity index (χ1v) is 7.61. The third-order valence-corrected chi connectivity index (χ3v) is 3.93. The average molecular weight is 262 g/mol. The second-order valence-corrected chi connectivity index (χ2v) is 5.38. The van der Waals surface area contributed by atoms with Crippen LogP contribution in [0.4, 0.5) is 11.6 Å². The fourth-order valence-electron chi connectivity index (χ4n) is 2.75. The Morgan fingerprint density at radius 2 is 1.89 bits per heavy atom. The molecule has 1 fully saturated rings. The van der Waals surface area contributed by atoms with Crippen LogP contribution in [0.15, 0.2) is 6.07 Å². The summed E-state index contributed by atoms with van der Waals surface area (Å²) in [7, 11) is 1.90. The molecular weight excluding hydrogens is 236 g/mol. The van der Waals surface area contributed by atoms with E-state index in [1.54, 1.807) is 0 Å².